The number of rotatable bonds is 3. The third-order valence-corrected chi connectivity index (χ3v) is 3.42. The summed E-state index contributed by atoms with van der Waals surface area (Å²) in [5, 5.41) is 9.12. The van der Waals surface area contributed by atoms with E-state index >= 15 is 0 Å². The second-order valence-corrected chi connectivity index (χ2v) is 4.88. The number of nitrogen functional groups attached to an aromatic ring is 1. The molecule has 106 valence electrons. The smallest absolute Gasteiger partial charge is 0.338 e. The summed E-state index contributed by atoms with van der Waals surface area (Å²) in [4.78, 5) is 15.8. The van der Waals surface area contributed by atoms with E-state index in [1.165, 1.54) is 24.4 Å². The summed E-state index contributed by atoms with van der Waals surface area (Å²) in [5.41, 5.74) is 6.95. The number of nitriles is 1. The van der Waals surface area contributed by atoms with Crippen molar-refractivity contribution in [3.8, 4) is 6.07 Å². The maximum Gasteiger partial charge on any atom is 0.338 e. The van der Waals surface area contributed by atoms with Crippen molar-refractivity contribution in [2.75, 3.05) is 5.73 Å². The van der Waals surface area contributed by atoms with E-state index in [0.717, 1.165) is 0 Å². The van der Waals surface area contributed by atoms with Gasteiger partial charge in [-0.2, -0.15) is 5.26 Å². The normalized spacial score (nSPS) is 9.95. The number of pyridine rings is 1. The third-order valence-electron chi connectivity index (χ3n) is 2.60. The van der Waals surface area contributed by atoms with Gasteiger partial charge in [-0.25, -0.2) is 9.78 Å². The van der Waals surface area contributed by atoms with Crippen LogP contribution in [0.1, 0.15) is 21.6 Å². The van der Waals surface area contributed by atoms with Crippen molar-refractivity contribution in [3.05, 3.63) is 57.3 Å². The van der Waals surface area contributed by atoms with E-state index in [0.29, 0.717) is 5.56 Å². The molecule has 1 heterocycles. The number of carbonyl (C=O) groups is 1. The quantitative estimate of drug-likeness (QED) is 0.692. The Labute approximate surface area is 130 Å². The molecule has 0 saturated heterocycles. The van der Waals surface area contributed by atoms with Gasteiger partial charge >= 0.3 is 5.97 Å². The Hall–Kier alpha value is -2.29. The summed E-state index contributed by atoms with van der Waals surface area (Å²) in [7, 11) is 0. The molecule has 1 aromatic heterocycles. The van der Waals surface area contributed by atoms with E-state index < -0.39 is 5.97 Å². The van der Waals surface area contributed by atoms with Crippen molar-refractivity contribution in [2.24, 2.45) is 0 Å². The molecule has 0 aliphatic carbocycles. The first-order valence-corrected chi connectivity index (χ1v) is 6.53. The van der Waals surface area contributed by atoms with E-state index in [1.54, 1.807) is 6.07 Å². The van der Waals surface area contributed by atoms with E-state index in [-0.39, 0.29) is 33.6 Å². The fourth-order valence-electron chi connectivity index (χ4n) is 1.59. The zero-order valence-corrected chi connectivity index (χ0v) is 12.1. The van der Waals surface area contributed by atoms with Gasteiger partial charge in [0.2, 0.25) is 0 Å². The van der Waals surface area contributed by atoms with Gasteiger partial charge in [-0.3, -0.25) is 0 Å². The van der Waals surface area contributed by atoms with Gasteiger partial charge in [0, 0.05) is 6.20 Å². The number of anilines is 1. The fraction of sp³-hybridized carbons (Fsp3) is 0.0714. The number of halogens is 2. The Bertz CT molecular complexity index is 718. The van der Waals surface area contributed by atoms with Crippen LogP contribution in [0.2, 0.25) is 10.0 Å². The molecule has 0 atom stereocenters. The Balaban J connectivity index is 2.10. The molecule has 0 amide bonds. The first-order valence-electron chi connectivity index (χ1n) is 5.78. The van der Waals surface area contributed by atoms with Gasteiger partial charge in [0.05, 0.1) is 21.3 Å². The van der Waals surface area contributed by atoms with Gasteiger partial charge in [-0.1, -0.05) is 23.2 Å². The molecule has 5 nitrogen and oxygen atoms in total. The van der Waals surface area contributed by atoms with E-state index in [2.05, 4.69) is 4.98 Å². The molecule has 2 N–H and O–H groups in total. The van der Waals surface area contributed by atoms with Crippen LogP contribution < -0.4 is 5.73 Å². The monoisotopic (exact) mass is 321 g/mol. The Morgan fingerprint density at radius 3 is 2.81 bits per heavy atom. The molecule has 2 rings (SSSR count). The molecular weight excluding hydrogens is 313 g/mol. The molecule has 0 fully saturated rings. The van der Waals surface area contributed by atoms with Crippen molar-refractivity contribution in [1.82, 2.24) is 4.98 Å². The minimum Gasteiger partial charge on any atom is -0.457 e. The molecule has 0 aliphatic rings. The van der Waals surface area contributed by atoms with Gasteiger partial charge in [0.25, 0.3) is 0 Å². The van der Waals surface area contributed by atoms with Crippen LogP contribution in [0.3, 0.4) is 0 Å². The van der Waals surface area contributed by atoms with Crippen LogP contribution >= 0.6 is 23.2 Å². The van der Waals surface area contributed by atoms with E-state index in [1.807, 2.05) is 6.07 Å². The molecule has 0 bridgehead atoms. The predicted octanol–water partition coefficient (Wildman–Crippen LogP) is 3.20. The van der Waals surface area contributed by atoms with Crippen molar-refractivity contribution in [1.29, 1.82) is 5.26 Å². The van der Waals surface area contributed by atoms with Crippen LogP contribution in [0.5, 0.6) is 0 Å². The predicted molar refractivity (Wildman–Crippen MR) is 78.9 cm³/mol. The van der Waals surface area contributed by atoms with Crippen molar-refractivity contribution in [3.63, 3.8) is 0 Å². The molecule has 1 aromatic carbocycles. The first-order chi connectivity index (χ1) is 10.0. The highest BCUT2D eigenvalue weighted by Gasteiger charge is 2.12. The number of esters is 1. The Morgan fingerprint density at radius 1 is 1.38 bits per heavy atom. The molecule has 7 heteroatoms. The van der Waals surface area contributed by atoms with Crippen LogP contribution in [0, 0.1) is 11.3 Å². The summed E-state index contributed by atoms with van der Waals surface area (Å²) in [5.74, 6) is -0.587. The van der Waals surface area contributed by atoms with Crippen molar-refractivity contribution < 1.29 is 9.53 Å². The van der Waals surface area contributed by atoms with Crippen LogP contribution in [-0.4, -0.2) is 11.0 Å². The summed E-state index contributed by atoms with van der Waals surface area (Å²) >= 11 is 11.7. The standard InChI is InChI=1S/C14H9Cl2N3O2/c15-11-4-9(5-12(18)13(11)16)14(20)21-7-8-1-2-19-10(3-8)6-17/h1-5H,7,18H2. The summed E-state index contributed by atoms with van der Waals surface area (Å²) in [6.45, 7) is 0.0101. The molecule has 2 aromatic rings. The van der Waals surface area contributed by atoms with Gasteiger partial charge in [0.1, 0.15) is 18.4 Å². The number of carbonyl (C=O) groups excluding carboxylic acids is 1. The minimum atomic E-state index is -0.587. The second-order valence-electron chi connectivity index (χ2n) is 4.10. The molecular formula is C14H9Cl2N3O2. The summed E-state index contributed by atoms with van der Waals surface area (Å²) in [6, 6.07) is 7.87. The number of benzene rings is 1. The second kappa shape index (κ2) is 6.44. The zero-order valence-electron chi connectivity index (χ0n) is 10.6. The van der Waals surface area contributed by atoms with Crippen molar-refractivity contribution >= 4 is 34.9 Å². The minimum absolute atomic E-state index is 0.0101. The number of aromatic nitrogens is 1. The van der Waals surface area contributed by atoms with Gasteiger partial charge < -0.3 is 10.5 Å². The zero-order chi connectivity index (χ0) is 15.4. The number of nitrogens with two attached hydrogens (primary N) is 1. The van der Waals surface area contributed by atoms with Gasteiger partial charge in [0.15, 0.2) is 0 Å². The molecule has 0 radical (unpaired) electrons. The van der Waals surface area contributed by atoms with Crippen LogP contribution in [0.25, 0.3) is 0 Å². The Morgan fingerprint density at radius 2 is 2.14 bits per heavy atom. The first kappa shape index (κ1) is 15.1. The lowest BCUT2D eigenvalue weighted by atomic mass is 10.2. The SMILES string of the molecule is N#Cc1cc(COC(=O)c2cc(N)c(Cl)c(Cl)c2)ccn1. The van der Waals surface area contributed by atoms with Crippen molar-refractivity contribution in [2.45, 2.75) is 6.61 Å². The number of ether oxygens (including phenoxy) is 1. The van der Waals surface area contributed by atoms with Crippen LogP contribution in [-0.2, 0) is 11.3 Å². The molecule has 21 heavy (non-hydrogen) atoms. The van der Waals surface area contributed by atoms with Crippen LogP contribution in [0.4, 0.5) is 5.69 Å². The summed E-state index contributed by atoms with van der Waals surface area (Å²) < 4.78 is 5.13. The largest absolute Gasteiger partial charge is 0.457 e. The maximum absolute atomic E-state index is 11.9. The lowest BCUT2D eigenvalue weighted by molar-refractivity contribution is 0.0472. The lowest BCUT2D eigenvalue weighted by Gasteiger charge is -2.07. The Kier molecular flexibility index (Phi) is 4.63. The molecule has 0 unspecified atom stereocenters. The van der Waals surface area contributed by atoms with E-state index in [9.17, 15) is 4.79 Å². The van der Waals surface area contributed by atoms with E-state index in [4.69, 9.17) is 38.9 Å². The number of nitrogens with zero attached hydrogens (tertiary/aromatic N) is 2. The summed E-state index contributed by atoms with van der Waals surface area (Å²) in [6.07, 6.45) is 1.47. The van der Waals surface area contributed by atoms with Gasteiger partial charge in [-0.05, 0) is 29.8 Å². The highest BCUT2D eigenvalue weighted by molar-refractivity contribution is 6.43. The van der Waals surface area contributed by atoms with Gasteiger partial charge in [-0.15, -0.1) is 0 Å². The lowest BCUT2D eigenvalue weighted by Crippen LogP contribution is -2.06. The molecule has 0 saturated carbocycles. The average Bonchev–Trinajstić information content (AvgIpc) is 2.50. The number of hydrogen-bond acceptors (Lipinski definition) is 5. The maximum atomic E-state index is 11.9. The topological polar surface area (TPSA) is 89.0 Å². The highest BCUT2D eigenvalue weighted by atomic mass is 35.5. The fourth-order valence-corrected chi connectivity index (χ4v) is 1.92. The highest BCUT2D eigenvalue weighted by Crippen LogP contribution is 2.29. The third kappa shape index (κ3) is 3.63. The van der Waals surface area contributed by atoms with Crippen LogP contribution in [0.15, 0.2) is 30.5 Å². The molecule has 0 spiro atoms. The number of hydrogen-bond donors (Lipinski definition) is 1. The molecule has 0 aliphatic heterocycles. The average molecular weight is 322 g/mol.